The fraction of sp³-hybridized carbons (Fsp3) is 0.833. The first-order valence-electron chi connectivity index (χ1n) is 6.63. The average Bonchev–Trinajstić information content (AvgIpc) is 3.11. The van der Waals surface area contributed by atoms with Gasteiger partial charge in [0.15, 0.2) is 5.82 Å². The maximum atomic E-state index is 5.39. The van der Waals surface area contributed by atoms with Gasteiger partial charge in [-0.05, 0) is 25.7 Å². The van der Waals surface area contributed by atoms with E-state index in [0.717, 1.165) is 50.3 Å². The second kappa shape index (κ2) is 4.74. The van der Waals surface area contributed by atoms with Crippen molar-refractivity contribution in [1.29, 1.82) is 0 Å². The molecule has 5 heteroatoms. The van der Waals surface area contributed by atoms with E-state index in [9.17, 15) is 0 Å². The summed E-state index contributed by atoms with van der Waals surface area (Å²) < 4.78 is 7.68. The SMILES string of the molecule is CCOCCc1nnc2n1CCNC2C1CC1. The maximum Gasteiger partial charge on any atom is 0.150 e. The van der Waals surface area contributed by atoms with E-state index in [1.807, 2.05) is 6.92 Å². The molecule has 1 aliphatic carbocycles. The first kappa shape index (κ1) is 11.2. The third-order valence-electron chi connectivity index (χ3n) is 3.60. The Morgan fingerprint density at radius 1 is 1.41 bits per heavy atom. The van der Waals surface area contributed by atoms with Gasteiger partial charge in [-0.3, -0.25) is 0 Å². The summed E-state index contributed by atoms with van der Waals surface area (Å²) in [6.07, 6.45) is 3.54. The molecule has 1 unspecified atom stereocenters. The average molecular weight is 236 g/mol. The number of ether oxygens (including phenoxy) is 1. The van der Waals surface area contributed by atoms with Crippen molar-refractivity contribution in [2.45, 2.75) is 38.8 Å². The van der Waals surface area contributed by atoms with Crippen LogP contribution in [0.4, 0.5) is 0 Å². The molecule has 1 aromatic rings. The topological polar surface area (TPSA) is 52.0 Å². The van der Waals surface area contributed by atoms with E-state index in [1.54, 1.807) is 0 Å². The standard InChI is InChI=1S/C12H20N4O/c1-2-17-8-5-10-14-15-12-11(9-3-4-9)13-6-7-16(10)12/h9,11,13H,2-8H2,1H3. The van der Waals surface area contributed by atoms with Crippen molar-refractivity contribution in [3.05, 3.63) is 11.6 Å². The summed E-state index contributed by atoms with van der Waals surface area (Å²) in [4.78, 5) is 0. The first-order chi connectivity index (χ1) is 8.40. The zero-order valence-corrected chi connectivity index (χ0v) is 10.4. The number of rotatable bonds is 5. The summed E-state index contributed by atoms with van der Waals surface area (Å²) in [6.45, 7) is 5.57. The van der Waals surface area contributed by atoms with Gasteiger partial charge in [0.05, 0.1) is 12.6 Å². The number of nitrogens with zero attached hydrogens (tertiary/aromatic N) is 3. The highest BCUT2D eigenvalue weighted by molar-refractivity contribution is 5.08. The molecule has 0 spiro atoms. The summed E-state index contributed by atoms with van der Waals surface area (Å²) in [6, 6.07) is 0.442. The van der Waals surface area contributed by atoms with E-state index in [2.05, 4.69) is 20.1 Å². The zero-order chi connectivity index (χ0) is 11.7. The van der Waals surface area contributed by atoms with E-state index >= 15 is 0 Å². The third-order valence-corrected chi connectivity index (χ3v) is 3.60. The summed E-state index contributed by atoms with van der Waals surface area (Å²) >= 11 is 0. The Balaban J connectivity index is 1.74. The third kappa shape index (κ3) is 2.21. The van der Waals surface area contributed by atoms with Crippen LogP contribution in [-0.2, 0) is 17.7 Å². The summed E-state index contributed by atoms with van der Waals surface area (Å²) in [5.74, 6) is 3.02. The summed E-state index contributed by atoms with van der Waals surface area (Å²) in [7, 11) is 0. The van der Waals surface area contributed by atoms with Crippen LogP contribution in [0.25, 0.3) is 0 Å². The van der Waals surface area contributed by atoms with Gasteiger partial charge in [-0.2, -0.15) is 0 Å². The van der Waals surface area contributed by atoms with E-state index in [4.69, 9.17) is 4.74 Å². The van der Waals surface area contributed by atoms with Crippen LogP contribution in [0.3, 0.4) is 0 Å². The van der Waals surface area contributed by atoms with E-state index in [-0.39, 0.29) is 0 Å². The predicted molar refractivity (Wildman–Crippen MR) is 63.7 cm³/mol. The van der Waals surface area contributed by atoms with Crippen molar-refractivity contribution in [3.63, 3.8) is 0 Å². The molecule has 0 saturated heterocycles. The van der Waals surface area contributed by atoms with Crippen LogP contribution in [-0.4, -0.2) is 34.5 Å². The molecule has 2 heterocycles. The Morgan fingerprint density at radius 2 is 2.29 bits per heavy atom. The number of aromatic nitrogens is 3. The molecule has 0 amide bonds. The molecule has 1 aliphatic heterocycles. The minimum absolute atomic E-state index is 0.442. The molecule has 5 nitrogen and oxygen atoms in total. The highest BCUT2D eigenvalue weighted by atomic mass is 16.5. The first-order valence-corrected chi connectivity index (χ1v) is 6.63. The number of nitrogens with one attached hydrogen (secondary N) is 1. The van der Waals surface area contributed by atoms with Crippen LogP contribution in [0.2, 0.25) is 0 Å². The minimum atomic E-state index is 0.442. The summed E-state index contributed by atoms with van der Waals surface area (Å²) in [5.41, 5.74) is 0. The van der Waals surface area contributed by atoms with Crippen LogP contribution in [0, 0.1) is 5.92 Å². The molecule has 0 aromatic carbocycles. The smallest absolute Gasteiger partial charge is 0.150 e. The number of hydrogen-bond donors (Lipinski definition) is 1. The van der Waals surface area contributed by atoms with Crippen molar-refractivity contribution < 1.29 is 4.74 Å². The molecule has 1 saturated carbocycles. The molecular weight excluding hydrogens is 216 g/mol. The molecule has 0 radical (unpaired) electrons. The molecule has 3 rings (SSSR count). The van der Waals surface area contributed by atoms with Gasteiger partial charge in [-0.25, -0.2) is 0 Å². The maximum absolute atomic E-state index is 5.39. The molecule has 1 atom stereocenters. The van der Waals surface area contributed by atoms with E-state index in [1.165, 1.54) is 12.8 Å². The monoisotopic (exact) mass is 236 g/mol. The molecule has 17 heavy (non-hydrogen) atoms. The largest absolute Gasteiger partial charge is 0.381 e. The molecule has 2 aliphatic rings. The van der Waals surface area contributed by atoms with Crippen LogP contribution in [0.15, 0.2) is 0 Å². The Hall–Kier alpha value is -0.940. The molecule has 94 valence electrons. The summed E-state index contributed by atoms with van der Waals surface area (Å²) in [5, 5.41) is 12.3. The molecule has 1 fully saturated rings. The lowest BCUT2D eigenvalue weighted by atomic mass is 10.1. The quantitative estimate of drug-likeness (QED) is 0.772. The van der Waals surface area contributed by atoms with Crippen LogP contribution >= 0.6 is 0 Å². The van der Waals surface area contributed by atoms with Crippen LogP contribution < -0.4 is 5.32 Å². The van der Waals surface area contributed by atoms with Crippen LogP contribution in [0.1, 0.15) is 37.5 Å². The highest BCUT2D eigenvalue weighted by Gasteiger charge is 2.37. The molecule has 1 N–H and O–H groups in total. The van der Waals surface area contributed by atoms with E-state index < -0.39 is 0 Å². The number of fused-ring (bicyclic) bond motifs is 1. The van der Waals surface area contributed by atoms with Crippen molar-refractivity contribution >= 4 is 0 Å². The van der Waals surface area contributed by atoms with Crippen molar-refractivity contribution in [2.24, 2.45) is 5.92 Å². The van der Waals surface area contributed by atoms with Gasteiger partial charge in [0, 0.05) is 26.1 Å². The second-order valence-corrected chi connectivity index (χ2v) is 4.84. The van der Waals surface area contributed by atoms with Gasteiger partial charge in [0.2, 0.25) is 0 Å². The van der Waals surface area contributed by atoms with Crippen molar-refractivity contribution in [2.75, 3.05) is 19.8 Å². The molecule has 0 bridgehead atoms. The van der Waals surface area contributed by atoms with Crippen molar-refractivity contribution in [1.82, 2.24) is 20.1 Å². The Kier molecular flexibility index (Phi) is 3.11. The van der Waals surface area contributed by atoms with Gasteiger partial charge in [-0.1, -0.05) is 0 Å². The lowest BCUT2D eigenvalue weighted by molar-refractivity contribution is 0.148. The predicted octanol–water partition coefficient (Wildman–Crippen LogP) is 0.911. The number of hydrogen-bond acceptors (Lipinski definition) is 4. The minimum Gasteiger partial charge on any atom is -0.381 e. The Labute approximate surface area is 102 Å². The fourth-order valence-corrected chi connectivity index (χ4v) is 2.55. The zero-order valence-electron chi connectivity index (χ0n) is 10.4. The highest BCUT2D eigenvalue weighted by Crippen LogP contribution is 2.41. The second-order valence-electron chi connectivity index (χ2n) is 4.84. The Morgan fingerprint density at radius 3 is 3.06 bits per heavy atom. The van der Waals surface area contributed by atoms with E-state index in [0.29, 0.717) is 6.04 Å². The molecular formula is C12H20N4O. The Bertz CT molecular complexity index is 386. The lowest BCUT2D eigenvalue weighted by Gasteiger charge is -2.24. The van der Waals surface area contributed by atoms with Gasteiger partial charge < -0.3 is 14.6 Å². The fourth-order valence-electron chi connectivity index (χ4n) is 2.55. The van der Waals surface area contributed by atoms with Gasteiger partial charge in [-0.15, -0.1) is 10.2 Å². The van der Waals surface area contributed by atoms with Gasteiger partial charge in [0.25, 0.3) is 0 Å². The van der Waals surface area contributed by atoms with Crippen molar-refractivity contribution in [3.8, 4) is 0 Å². The van der Waals surface area contributed by atoms with Gasteiger partial charge >= 0.3 is 0 Å². The van der Waals surface area contributed by atoms with Gasteiger partial charge in [0.1, 0.15) is 5.82 Å². The normalized spacial score (nSPS) is 23.7. The van der Waals surface area contributed by atoms with Crippen LogP contribution in [0.5, 0.6) is 0 Å². The lowest BCUT2D eigenvalue weighted by Crippen LogP contribution is -2.35. The molecule has 1 aromatic heterocycles.